The first kappa shape index (κ1) is 15.2. The van der Waals surface area contributed by atoms with E-state index in [1.165, 1.54) is 10.6 Å². The Kier molecular flexibility index (Phi) is 5.31. The topological polar surface area (TPSA) is 68.0 Å². The van der Waals surface area contributed by atoms with Crippen LogP contribution in [0.25, 0.3) is 0 Å². The van der Waals surface area contributed by atoms with Crippen LogP contribution in [0.15, 0.2) is 12.2 Å². The normalized spacial score (nSPS) is 21.4. The maximum atomic E-state index is 11.8. The van der Waals surface area contributed by atoms with E-state index in [9.17, 15) is 4.79 Å². The number of nitrogens with zero attached hydrogens (tertiary/aromatic N) is 1. The SMILES string of the molecule is CCc1nc(CCNC(=O)C[C@@H]2C=C[C@H](N)C2)sc1C. The van der Waals surface area contributed by atoms with Crippen LogP contribution in [0.1, 0.15) is 35.3 Å². The van der Waals surface area contributed by atoms with E-state index in [0.29, 0.717) is 18.9 Å². The lowest BCUT2D eigenvalue weighted by molar-refractivity contribution is -0.121. The molecule has 5 heteroatoms. The molecule has 1 amide bonds. The number of allylic oxidation sites excluding steroid dienone is 1. The van der Waals surface area contributed by atoms with Gasteiger partial charge in [-0.25, -0.2) is 4.98 Å². The summed E-state index contributed by atoms with van der Waals surface area (Å²) in [6.45, 7) is 4.89. The molecule has 0 fully saturated rings. The van der Waals surface area contributed by atoms with Gasteiger partial charge in [0.1, 0.15) is 0 Å². The van der Waals surface area contributed by atoms with Crippen LogP contribution in [0.3, 0.4) is 0 Å². The molecule has 2 atom stereocenters. The highest BCUT2D eigenvalue weighted by atomic mass is 32.1. The van der Waals surface area contributed by atoms with E-state index < -0.39 is 0 Å². The molecule has 0 aliphatic heterocycles. The van der Waals surface area contributed by atoms with Gasteiger partial charge in [-0.05, 0) is 25.7 Å². The van der Waals surface area contributed by atoms with Gasteiger partial charge in [0.05, 0.1) is 10.7 Å². The van der Waals surface area contributed by atoms with Crippen molar-refractivity contribution in [3.8, 4) is 0 Å². The summed E-state index contributed by atoms with van der Waals surface area (Å²) < 4.78 is 0. The zero-order chi connectivity index (χ0) is 14.5. The second kappa shape index (κ2) is 6.99. The highest BCUT2D eigenvalue weighted by Crippen LogP contribution is 2.20. The number of nitrogens with two attached hydrogens (primary N) is 1. The predicted octanol–water partition coefficient (Wildman–Crippen LogP) is 1.97. The minimum atomic E-state index is 0.109. The maximum Gasteiger partial charge on any atom is 0.220 e. The number of rotatable bonds is 6. The van der Waals surface area contributed by atoms with Crippen LogP contribution in [-0.4, -0.2) is 23.5 Å². The van der Waals surface area contributed by atoms with Gasteiger partial charge >= 0.3 is 0 Å². The fourth-order valence-electron chi connectivity index (χ4n) is 2.50. The number of carbonyl (C=O) groups excluding carboxylic acids is 1. The highest BCUT2D eigenvalue weighted by Gasteiger charge is 2.18. The summed E-state index contributed by atoms with van der Waals surface area (Å²) in [7, 11) is 0. The fraction of sp³-hybridized carbons (Fsp3) is 0.600. The zero-order valence-electron chi connectivity index (χ0n) is 12.2. The summed E-state index contributed by atoms with van der Waals surface area (Å²) in [5.41, 5.74) is 6.96. The standard InChI is InChI=1S/C15H23N3OS/c1-3-13-10(2)20-15(18-13)6-7-17-14(19)9-11-4-5-12(16)8-11/h4-5,11-12H,3,6-9,16H2,1-2H3,(H,17,19)/t11-,12+/m1/s1. The van der Waals surface area contributed by atoms with Crippen molar-refractivity contribution >= 4 is 17.2 Å². The molecule has 4 nitrogen and oxygen atoms in total. The molecule has 1 aromatic heterocycles. The Morgan fingerprint density at radius 3 is 2.95 bits per heavy atom. The quantitative estimate of drug-likeness (QED) is 0.788. The van der Waals surface area contributed by atoms with E-state index in [1.807, 2.05) is 6.08 Å². The lowest BCUT2D eigenvalue weighted by atomic mass is 10.0. The minimum absolute atomic E-state index is 0.109. The van der Waals surface area contributed by atoms with Crippen molar-refractivity contribution in [2.45, 2.75) is 45.6 Å². The Morgan fingerprint density at radius 2 is 2.35 bits per heavy atom. The fourth-order valence-corrected chi connectivity index (χ4v) is 3.52. The van der Waals surface area contributed by atoms with Crippen LogP contribution in [-0.2, 0) is 17.6 Å². The number of hydrogen-bond acceptors (Lipinski definition) is 4. The van der Waals surface area contributed by atoms with Gasteiger partial charge in [-0.3, -0.25) is 4.79 Å². The molecule has 110 valence electrons. The van der Waals surface area contributed by atoms with Gasteiger partial charge in [0, 0.05) is 30.3 Å². The van der Waals surface area contributed by atoms with Crippen molar-refractivity contribution in [2.24, 2.45) is 11.7 Å². The molecule has 3 N–H and O–H groups in total. The molecule has 0 unspecified atom stereocenters. The first-order chi connectivity index (χ1) is 9.58. The van der Waals surface area contributed by atoms with E-state index in [0.717, 1.165) is 24.3 Å². The molecular weight excluding hydrogens is 270 g/mol. The first-order valence-electron chi connectivity index (χ1n) is 7.24. The van der Waals surface area contributed by atoms with Gasteiger partial charge < -0.3 is 11.1 Å². The molecule has 1 aromatic rings. The molecule has 20 heavy (non-hydrogen) atoms. The van der Waals surface area contributed by atoms with Gasteiger partial charge in [0.15, 0.2) is 0 Å². The number of thiazole rings is 1. The molecule has 1 aliphatic rings. The average molecular weight is 293 g/mol. The second-order valence-corrected chi connectivity index (χ2v) is 6.60. The molecule has 0 saturated carbocycles. The smallest absolute Gasteiger partial charge is 0.220 e. The number of aromatic nitrogens is 1. The van der Waals surface area contributed by atoms with Crippen LogP contribution in [0, 0.1) is 12.8 Å². The summed E-state index contributed by atoms with van der Waals surface area (Å²) in [6, 6.07) is 0.124. The first-order valence-corrected chi connectivity index (χ1v) is 8.06. The third kappa shape index (κ3) is 4.15. The highest BCUT2D eigenvalue weighted by molar-refractivity contribution is 7.11. The molecule has 0 bridgehead atoms. The third-order valence-electron chi connectivity index (χ3n) is 3.59. The van der Waals surface area contributed by atoms with Crippen molar-refractivity contribution in [2.75, 3.05) is 6.54 Å². The lowest BCUT2D eigenvalue weighted by Gasteiger charge is -2.09. The lowest BCUT2D eigenvalue weighted by Crippen LogP contribution is -2.27. The Labute approximate surface area is 124 Å². The number of amides is 1. The Morgan fingerprint density at radius 1 is 1.55 bits per heavy atom. The van der Waals surface area contributed by atoms with Crippen molar-refractivity contribution < 1.29 is 4.79 Å². The van der Waals surface area contributed by atoms with Crippen LogP contribution in [0.5, 0.6) is 0 Å². The van der Waals surface area contributed by atoms with Gasteiger partial charge in [-0.1, -0.05) is 19.1 Å². The van der Waals surface area contributed by atoms with Gasteiger partial charge in [0.25, 0.3) is 0 Å². The van der Waals surface area contributed by atoms with E-state index >= 15 is 0 Å². The molecule has 0 radical (unpaired) electrons. The molecular formula is C15H23N3OS. The number of nitrogens with one attached hydrogen (secondary N) is 1. The third-order valence-corrected chi connectivity index (χ3v) is 4.66. The van der Waals surface area contributed by atoms with Crippen molar-refractivity contribution in [1.82, 2.24) is 10.3 Å². The van der Waals surface area contributed by atoms with E-state index in [1.54, 1.807) is 11.3 Å². The number of aryl methyl sites for hydroxylation is 2. The van der Waals surface area contributed by atoms with Gasteiger partial charge in [0.2, 0.25) is 5.91 Å². The molecule has 2 rings (SSSR count). The van der Waals surface area contributed by atoms with Gasteiger partial charge in [-0.15, -0.1) is 11.3 Å². The van der Waals surface area contributed by atoms with Crippen LogP contribution in [0.2, 0.25) is 0 Å². The Hall–Kier alpha value is -1.20. The summed E-state index contributed by atoms with van der Waals surface area (Å²) in [6.07, 6.45) is 7.27. The van der Waals surface area contributed by atoms with Crippen molar-refractivity contribution in [3.05, 3.63) is 27.7 Å². The predicted molar refractivity (Wildman–Crippen MR) is 82.8 cm³/mol. The summed E-state index contributed by atoms with van der Waals surface area (Å²) in [5.74, 6) is 0.413. The summed E-state index contributed by atoms with van der Waals surface area (Å²) in [5, 5.41) is 4.09. The largest absolute Gasteiger partial charge is 0.356 e. The monoisotopic (exact) mass is 293 g/mol. The number of carbonyl (C=O) groups is 1. The number of hydrogen-bond donors (Lipinski definition) is 2. The van der Waals surface area contributed by atoms with Gasteiger partial charge in [-0.2, -0.15) is 0 Å². The van der Waals surface area contributed by atoms with Crippen LogP contribution in [0.4, 0.5) is 0 Å². The molecule has 1 aliphatic carbocycles. The minimum Gasteiger partial charge on any atom is -0.356 e. The van der Waals surface area contributed by atoms with Crippen molar-refractivity contribution in [1.29, 1.82) is 0 Å². The average Bonchev–Trinajstić information content (AvgIpc) is 2.95. The maximum absolute atomic E-state index is 11.8. The Bertz CT molecular complexity index is 495. The molecule has 0 spiro atoms. The second-order valence-electron chi connectivity index (χ2n) is 5.31. The molecule has 0 saturated heterocycles. The Balaban J connectivity index is 1.69. The van der Waals surface area contributed by atoms with Crippen LogP contribution >= 0.6 is 11.3 Å². The van der Waals surface area contributed by atoms with Crippen molar-refractivity contribution in [3.63, 3.8) is 0 Å². The van der Waals surface area contributed by atoms with Crippen LogP contribution < -0.4 is 11.1 Å². The summed E-state index contributed by atoms with van der Waals surface area (Å²) in [4.78, 5) is 17.7. The zero-order valence-corrected chi connectivity index (χ0v) is 13.0. The summed E-state index contributed by atoms with van der Waals surface area (Å²) >= 11 is 1.73. The van der Waals surface area contributed by atoms with E-state index in [2.05, 4.69) is 30.2 Å². The molecule has 1 heterocycles. The molecule has 0 aromatic carbocycles. The van der Waals surface area contributed by atoms with E-state index in [4.69, 9.17) is 5.73 Å². The van der Waals surface area contributed by atoms with E-state index in [-0.39, 0.29) is 11.9 Å².